The number of para-hydroxylation sites is 1. The predicted molar refractivity (Wildman–Crippen MR) is 183 cm³/mol. The zero-order valence-electron chi connectivity index (χ0n) is 27.0. The van der Waals surface area contributed by atoms with E-state index in [1.165, 1.54) is 27.5 Å². The van der Waals surface area contributed by atoms with Gasteiger partial charge in [-0.05, 0) is 80.3 Å². The maximum Gasteiger partial charge on any atom is 0.230 e. The van der Waals surface area contributed by atoms with E-state index in [-0.39, 0.29) is 17.2 Å². The van der Waals surface area contributed by atoms with Crippen LogP contribution in [0.25, 0.3) is 21.9 Å². The van der Waals surface area contributed by atoms with Crippen LogP contribution in [0.5, 0.6) is 0 Å². The fraction of sp³-hybridized carbons (Fsp3) is 0.486. The van der Waals surface area contributed by atoms with Gasteiger partial charge in [0.2, 0.25) is 5.91 Å². The Morgan fingerprint density at radius 2 is 1.76 bits per heavy atom. The monoisotopic (exact) mass is 622 g/mol. The highest BCUT2D eigenvalue weighted by Gasteiger charge is 2.35. The molecule has 0 aliphatic carbocycles. The highest BCUT2D eigenvalue weighted by atomic mass is 28.1. The van der Waals surface area contributed by atoms with Crippen LogP contribution in [0, 0.1) is 19.8 Å². The van der Waals surface area contributed by atoms with E-state index in [0.717, 1.165) is 94.0 Å². The predicted octanol–water partition coefficient (Wildman–Crippen LogP) is 5.52. The number of amides is 1. The minimum Gasteiger partial charge on any atom is -0.518 e. The number of ether oxygens (including phenoxy) is 1. The quantitative estimate of drug-likeness (QED) is 0.236. The second-order valence-electron chi connectivity index (χ2n) is 12.9. The second kappa shape index (κ2) is 14.0. The molecular weight excluding hydrogens is 577 g/mol. The number of aryl methyl sites for hydroxylation is 2. The lowest BCUT2D eigenvalue weighted by atomic mass is 9.80. The number of hydrogen-bond acceptors (Lipinski definition) is 5. The maximum absolute atomic E-state index is 14.1. The lowest BCUT2D eigenvalue weighted by molar-refractivity contribution is -0.136. The van der Waals surface area contributed by atoms with Crippen molar-refractivity contribution in [3.63, 3.8) is 0 Å². The molecular formula is C37H46N4O3Si. The third kappa shape index (κ3) is 6.64. The van der Waals surface area contributed by atoms with Gasteiger partial charge in [-0.1, -0.05) is 49.4 Å². The summed E-state index contributed by atoms with van der Waals surface area (Å²) in [6.07, 6.45) is 4.29. The van der Waals surface area contributed by atoms with Crippen LogP contribution in [0.4, 0.5) is 0 Å². The molecule has 7 nitrogen and oxygen atoms in total. The first kappa shape index (κ1) is 31.6. The van der Waals surface area contributed by atoms with Crippen LogP contribution in [-0.4, -0.2) is 91.5 Å². The number of aliphatic hydroxyl groups is 1. The number of rotatable bonds is 10. The Balaban J connectivity index is 1.30. The number of pyridine rings is 1. The molecule has 0 bridgehead atoms. The molecule has 2 saturated heterocycles. The van der Waals surface area contributed by atoms with Crippen LogP contribution >= 0.6 is 0 Å². The third-order valence-electron chi connectivity index (χ3n) is 10.0. The molecule has 4 aromatic rings. The molecule has 6 rings (SSSR count). The van der Waals surface area contributed by atoms with Crippen LogP contribution in [-0.2, 0) is 22.5 Å². The molecule has 2 aliphatic rings. The van der Waals surface area contributed by atoms with Crippen molar-refractivity contribution in [3.05, 3.63) is 76.5 Å². The molecule has 0 spiro atoms. The van der Waals surface area contributed by atoms with E-state index >= 15 is 0 Å². The Bertz CT molecular complexity index is 1670. The van der Waals surface area contributed by atoms with Gasteiger partial charge in [-0.3, -0.25) is 9.69 Å². The largest absolute Gasteiger partial charge is 0.518 e. The van der Waals surface area contributed by atoms with E-state index in [9.17, 15) is 9.90 Å². The van der Waals surface area contributed by atoms with E-state index < -0.39 is 0 Å². The molecule has 2 aromatic heterocycles. The molecule has 2 fully saturated rings. The van der Waals surface area contributed by atoms with Gasteiger partial charge in [0.05, 0.1) is 26.6 Å². The molecule has 0 saturated carbocycles. The average Bonchev–Trinajstić information content (AvgIpc) is 3.35. The van der Waals surface area contributed by atoms with Gasteiger partial charge >= 0.3 is 0 Å². The van der Waals surface area contributed by atoms with Crippen molar-refractivity contribution in [2.75, 3.05) is 45.9 Å². The summed E-state index contributed by atoms with van der Waals surface area (Å²) in [4.78, 5) is 23.8. The van der Waals surface area contributed by atoms with Crippen molar-refractivity contribution in [1.82, 2.24) is 19.4 Å². The van der Waals surface area contributed by atoms with E-state index in [1.807, 2.05) is 0 Å². The van der Waals surface area contributed by atoms with E-state index in [4.69, 9.17) is 9.72 Å². The number of fused-ring (bicyclic) bond motifs is 3. The molecule has 2 radical (unpaired) electrons. The van der Waals surface area contributed by atoms with Crippen molar-refractivity contribution in [2.45, 2.75) is 65.3 Å². The number of aliphatic hydroxyl groups excluding tert-OH is 1. The van der Waals surface area contributed by atoms with Crippen LogP contribution in [0.3, 0.4) is 0 Å². The Morgan fingerprint density at radius 3 is 2.44 bits per heavy atom. The zero-order valence-corrected chi connectivity index (χ0v) is 28.0. The van der Waals surface area contributed by atoms with Gasteiger partial charge in [0.1, 0.15) is 5.65 Å². The molecule has 0 unspecified atom stereocenters. The number of hydrogen-bond donors (Lipinski definition) is 1. The molecule has 1 atom stereocenters. The van der Waals surface area contributed by atoms with Crippen LogP contribution in [0.2, 0.25) is 0 Å². The van der Waals surface area contributed by atoms with Gasteiger partial charge in [-0.15, -0.1) is 0 Å². The first-order chi connectivity index (χ1) is 21.9. The first-order valence-corrected chi connectivity index (χ1v) is 17.2. The molecule has 4 heterocycles. The van der Waals surface area contributed by atoms with Gasteiger partial charge in [-0.25, -0.2) is 4.98 Å². The summed E-state index contributed by atoms with van der Waals surface area (Å²) in [5.41, 5.74) is 7.88. The van der Waals surface area contributed by atoms with Crippen LogP contribution < -0.4 is 0 Å². The first-order valence-electron chi connectivity index (χ1n) is 16.7. The number of benzene rings is 2. The second-order valence-corrected chi connectivity index (χ2v) is 13.5. The fourth-order valence-corrected chi connectivity index (χ4v) is 7.70. The standard InChI is InChI=1S/C37H46N4O3Si/c1-4-17-39-18-20-40(21-19-39)37(43)35(29-15-22-44-23-16-29)28-11-9-27(10-12-28)24-41-32-8-6-5-7-31(32)34-25(2)30(13-14-33(42)45)26(3)38-36(34)41/h5-12,29,35,42H,4,13-24H2,1-3H3/t35-/m1/s1. The summed E-state index contributed by atoms with van der Waals surface area (Å²) in [5.74, 6) is 0.455. The van der Waals surface area contributed by atoms with Crippen molar-refractivity contribution >= 4 is 43.1 Å². The molecule has 2 aliphatic heterocycles. The van der Waals surface area contributed by atoms with Crippen molar-refractivity contribution in [1.29, 1.82) is 0 Å². The van der Waals surface area contributed by atoms with E-state index in [1.54, 1.807) is 0 Å². The molecule has 1 amide bonds. The average molecular weight is 623 g/mol. The summed E-state index contributed by atoms with van der Waals surface area (Å²) in [7, 11) is 3.26. The van der Waals surface area contributed by atoms with Crippen molar-refractivity contribution in [2.24, 2.45) is 5.92 Å². The number of carbonyl (C=O) groups excluding carboxylic acids is 1. The summed E-state index contributed by atoms with van der Waals surface area (Å²) < 4.78 is 8.02. The Kier molecular flexibility index (Phi) is 9.83. The maximum atomic E-state index is 14.1. The number of aromatic nitrogens is 2. The Labute approximate surface area is 270 Å². The smallest absolute Gasteiger partial charge is 0.230 e. The van der Waals surface area contributed by atoms with Gasteiger partial charge in [0, 0.05) is 68.8 Å². The molecule has 1 N–H and O–H groups in total. The molecule has 45 heavy (non-hydrogen) atoms. The van der Waals surface area contributed by atoms with Gasteiger partial charge < -0.3 is 19.3 Å². The van der Waals surface area contributed by atoms with Crippen LogP contribution in [0.15, 0.2) is 48.5 Å². The summed E-state index contributed by atoms with van der Waals surface area (Å²) in [5, 5.41) is 12.4. The Morgan fingerprint density at radius 1 is 1.04 bits per heavy atom. The SMILES string of the molecule is CCCN1CCN(C(=O)[C@H](c2ccc(Cn3c4ccccc4c4c(C)c(CCC(O)=[Si])c(C)nc43)cc2)C2CCOCC2)CC1. The summed E-state index contributed by atoms with van der Waals surface area (Å²) in [6, 6.07) is 17.3. The van der Waals surface area contributed by atoms with E-state index in [2.05, 4.69) is 93.5 Å². The van der Waals surface area contributed by atoms with Crippen LogP contribution in [0.1, 0.15) is 66.5 Å². The van der Waals surface area contributed by atoms with E-state index in [0.29, 0.717) is 18.9 Å². The fourth-order valence-electron chi connectivity index (χ4n) is 7.58. The zero-order chi connectivity index (χ0) is 31.5. The third-order valence-corrected chi connectivity index (χ3v) is 10.3. The van der Waals surface area contributed by atoms with Crippen molar-refractivity contribution in [3.8, 4) is 0 Å². The van der Waals surface area contributed by atoms with Crippen molar-refractivity contribution < 1.29 is 14.6 Å². The molecule has 8 heteroatoms. The summed E-state index contributed by atoms with van der Waals surface area (Å²) >= 11 is 0. The number of carbonyl (C=O) groups is 1. The van der Waals surface area contributed by atoms with Gasteiger partial charge in [0.25, 0.3) is 0 Å². The number of nitrogens with zero attached hydrogens (tertiary/aromatic N) is 4. The highest BCUT2D eigenvalue weighted by molar-refractivity contribution is 6.33. The Hall–Kier alpha value is -3.33. The van der Waals surface area contributed by atoms with Gasteiger partial charge in [-0.2, -0.15) is 0 Å². The molecule has 236 valence electrons. The normalized spacial score (nSPS) is 17.3. The van der Waals surface area contributed by atoms with Gasteiger partial charge in [0.15, 0.2) is 0 Å². The topological polar surface area (TPSA) is 70.8 Å². The molecule has 2 aromatic carbocycles. The minimum absolute atomic E-state index is 0.129. The lowest BCUT2D eigenvalue weighted by Gasteiger charge is -2.39. The number of piperazine rings is 1. The lowest BCUT2D eigenvalue weighted by Crippen LogP contribution is -2.51. The summed E-state index contributed by atoms with van der Waals surface area (Å²) in [6.45, 7) is 13.3. The minimum atomic E-state index is -0.129. The highest BCUT2D eigenvalue weighted by Crippen LogP contribution is 2.36.